The Morgan fingerprint density at radius 2 is 1.93 bits per heavy atom. The van der Waals surface area contributed by atoms with Crippen LogP contribution in [0.2, 0.25) is 0 Å². The highest BCUT2D eigenvalue weighted by atomic mass is 32.2. The summed E-state index contributed by atoms with van der Waals surface area (Å²) >= 11 is 3.20. The van der Waals surface area contributed by atoms with Crippen LogP contribution in [-0.2, 0) is 5.75 Å². The van der Waals surface area contributed by atoms with Crippen LogP contribution < -0.4 is 5.56 Å². The summed E-state index contributed by atoms with van der Waals surface area (Å²) in [4.78, 5) is 27.7. The first-order valence-corrected chi connectivity index (χ1v) is 11.0. The quantitative estimate of drug-likeness (QED) is 0.306. The second-order valence-electron chi connectivity index (χ2n) is 6.61. The van der Waals surface area contributed by atoms with Crippen molar-refractivity contribution in [1.29, 1.82) is 0 Å². The van der Waals surface area contributed by atoms with Crippen molar-refractivity contribution in [2.45, 2.75) is 17.7 Å². The first kappa shape index (κ1) is 18.0. The van der Waals surface area contributed by atoms with E-state index >= 15 is 0 Å². The smallest absolute Gasteiger partial charge is 0.258 e. The standard InChI is InChI=1S/C22H16N4OS2/c1-14-6-4-10-26-19(27)12-15(23-21(14)26)13-29-22-16-7-2-3-8-17(16)24-20(25-22)18-9-5-11-28-18/h2-12H,13H2,1H3. The van der Waals surface area contributed by atoms with Crippen LogP contribution in [0.25, 0.3) is 27.3 Å². The van der Waals surface area contributed by atoms with E-state index in [0.717, 1.165) is 37.9 Å². The van der Waals surface area contributed by atoms with E-state index in [1.54, 1.807) is 39.8 Å². The molecule has 1 aromatic carbocycles. The van der Waals surface area contributed by atoms with Crippen molar-refractivity contribution in [1.82, 2.24) is 19.4 Å². The highest BCUT2D eigenvalue weighted by molar-refractivity contribution is 7.98. The minimum atomic E-state index is -0.0684. The minimum Gasteiger partial charge on any atom is -0.269 e. The molecule has 4 heterocycles. The predicted molar refractivity (Wildman–Crippen MR) is 119 cm³/mol. The molecule has 0 saturated heterocycles. The number of rotatable bonds is 4. The van der Waals surface area contributed by atoms with Gasteiger partial charge in [-0.2, -0.15) is 0 Å². The van der Waals surface area contributed by atoms with Crippen LogP contribution in [0, 0.1) is 6.92 Å². The molecule has 0 unspecified atom stereocenters. The van der Waals surface area contributed by atoms with Crippen LogP contribution in [0.1, 0.15) is 11.3 Å². The van der Waals surface area contributed by atoms with Crippen molar-refractivity contribution >= 4 is 39.6 Å². The van der Waals surface area contributed by atoms with Gasteiger partial charge in [-0.1, -0.05) is 42.1 Å². The van der Waals surface area contributed by atoms with Gasteiger partial charge in [-0.3, -0.25) is 9.20 Å². The third-order valence-electron chi connectivity index (χ3n) is 4.61. The fraction of sp³-hybridized carbons (Fsp3) is 0.0909. The molecular formula is C22H16N4OS2. The van der Waals surface area contributed by atoms with Gasteiger partial charge in [0, 0.05) is 23.4 Å². The molecule has 0 atom stereocenters. The number of pyridine rings is 1. The normalized spacial score (nSPS) is 11.3. The topological polar surface area (TPSA) is 60.2 Å². The first-order valence-electron chi connectivity index (χ1n) is 9.10. The summed E-state index contributed by atoms with van der Waals surface area (Å²) in [5.41, 5.74) is 3.26. The lowest BCUT2D eigenvalue weighted by molar-refractivity contribution is 0.999. The molecule has 7 heteroatoms. The number of aromatic nitrogens is 4. The summed E-state index contributed by atoms with van der Waals surface area (Å²) in [6, 6.07) is 17.5. The van der Waals surface area contributed by atoms with Gasteiger partial charge >= 0.3 is 0 Å². The zero-order valence-corrected chi connectivity index (χ0v) is 17.2. The summed E-state index contributed by atoms with van der Waals surface area (Å²) in [5, 5.41) is 3.92. The van der Waals surface area contributed by atoms with E-state index in [9.17, 15) is 4.79 Å². The van der Waals surface area contributed by atoms with E-state index in [-0.39, 0.29) is 5.56 Å². The molecule has 5 rings (SSSR count). The molecule has 5 nitrogen and oxygen atoms in total. The molecule has 0 amide bonds. The fourth-order valence-electron chi connectivity index (χ4n) is 3.20. The Morgan fingerprint density at radius 1 is 1.03 bits per heavy atom. The zero-order chi connectivity index (χ0) is 19.8. The average Bonchev–Trinajstić information content (AvgIpc) is 3.28. The van der Waals surface area contributed by atoms with Crippen LogP contribution in [0.5, 0.6) is 0 Å². The van der Waals surface area contributed by atoms with Gasteiger partial charge in [0.25, 0.3) is 5.56 Å². The number of para-hydroxylation sites is 1. The number of thioether (sulfide) groups is 1. The number of nitrogens with zero attached hydrogens (tertiary/aromatic N) is 4. The lowest BCUT2D eigenvalue weighted by atomic mass is 10.2. The van der Waals surface area contributed by atoms with Crippen molar-refractivity contribution in [3.63, 3.8) is 0 Å². The maximum absolute atomic E-state index is 12.5. The third-order valence-corrected chi connectivity index (χ3v) is 6.50. The number of aryl methyl sites for hydroxylation is 1. The molecule has 0 aliphatic carbocycles. The Kier molecular flexibility index (Phi) is 4.61. The molecular weight excluding hydrogens is 400 g/mol. The van der Waals surface area contributed by atoms with Crippen molar-refractivity contribution in [2.24, 2.45) is 0 Å². The third kappa shape index (κ3) is 3.43. The minimum absolute atomic E-state index is 0.0684. The summed E-state index contributed by atoms with van der Waals surface area (Å²) in [6.45, 7) is 1.96. The van der Waals surface area contributed by atoms with Gasteiger partial charge in [-0.15, -0.1) is 11.3 Å². The van der Waals surface area contributed by atoms with Crippen LogP contribution >= 0.6 is 23.1 Å². The number of benzene rings is 1. The number of hydrogen-bond donors (Lipinski definition) is 0. The van der Waals surface area contributed by atoms with E-state index in [1.165, 1.54) is 0 Å². The van der Waals surface area contributed by atoms with Crippen molar-refractivity contribution < 1.29 is 0 Å². The largest absolute Gasteiger partial charge is 0.269 e. The maximum atomic E-state index is 12.5. The molecule has 0 spiro atoms. The Hall–Kier alpha value is -3.03. The molecule has 4 aromatic heterocycles. The van der Waals surface area contributed by atoms with Crippen LogP contribution in [0.15, 0.2) is 76.0 Å². The van der Waals surface area contributed by atoms with Gasteiger partial charge in [-0.25, -0.2) is 15.0 Å². The molecule has 0 aliphatic rings. The number of hydrogen-bond acceptors (Lipinski definition) is 6. The molecule has 29 heavy (non-hydrogen) atoms. The van der Waals surface area contributed by atoms with Gasteiger partial charge < -0.3 is 0 Å². The van der Waals surface area contributed by atoms with E-state index in [0.29, 0.717) is 11.4 Å². The summed E-state index contributed by atoms with van der Waals surface area (Å²) < 4.78 is 1.58. The van der Waals surface area contributed by atoms with Gasteiger partial charge in [-0.05, 0) is 36.1 Å². The first-order chi connectivity index (χ1) is 14.2. The van der Waals surface area contributed by atoms with E-state index < -0.39 is 0 Å². The monoisotopic (exact) mass is 416 g/mol. The number of fused-ring (bicyclic) bond motifs is 2. The molecule has 0 N–H and O–H groups in total. The highest BCUT2D eigenvalue weighted by Crippen LogP contribution is 2.31. The second kappa shape index (κ2) is 7.42. The molecule has 0 saturated carbocycles. The lowest BCUT2D eigenvalue weighted by Gasteiger charge is -2.09. The van der Waals surface area contributed by atoms with Gasteiger partial charge in [0.05, 0.1) is 16.1 Å². The lowest BCUT2D eigenvalue weighted by Crippen LogP contribution is -2.15. The van der Waals surface area contributed by atoms with Crippen LogP contribution in [-0.4, -0.2) is 19.4 Å². The van der Waals surface area contributed by atoms with Gasteiger partial charge in [0.1, 0.15) is 10.7 Å². The van der Waals surface area contributed by atoms with Crippen molar-refractivity contribution in [3.05, 3.63) is 87.8 Å². The molecule has 5 aromatic rings. The zero-order valence-electron chi connectivity index (χ0n) is 15.6. The van der Waals surface area contributed by atoms with Crippen LogP contribution in [0.4, 0.5) is 0 Å². The van der Waals surface area contributed by atoms with Gasteiger partial charge in [0.2, 0.25) is 0 Å². The average molecular weight is 417 g/mol. The Labute approximate surface area is 175 Å². The molecule has 0 aliphatic heterocycles. The number of thiophene rings is 1. The Balaban J connectivity index is 1.55. The fourth-order valence-corrected chi connectivity index (χ4v) is 4.77. The predicted octanol–water partition coefficient (Wildman–Crippen LogP) is 4.97. The van der Waals surface area contributed by atoms with E-state index in [1.807, 2.05) is 60.8 Å². The SMILES string of the molecule is Cc1cccn2c(=O)cc(CSc3nc(-c4cccs4)nc4ccccc34)nc12. The molecule has 0 fully saturated rings. The summed E-state index contributed by atoms with van der Waals surface area (Å²) in [7, 11) is 0. The Bertz CT molecular complexity index is 1390. The van der Waals surface area contributed by atoms with Crippen LogP contribution in [0.3, 0.4) is 0 Å². The summed E-state index contributed by atoms with van der Waals surface area (Å²) in [5.74, 6) is 1.29. The van der Waals surface area contributed by atoms with Gasteiger partial charge in [0.15, 0.2) is 5.82 Å². The maximum Gasteiger partial charge on any atom is 0.258 e. The molecule has 0 bridgehead atoms. The highest BCUT2D eigenvalue weighted by Gasteiger charge is 2.12. The summed E-state index contributed by atoms with van der Waals surface area (Å²) in [6.07, 6.45) is 1.75. The Morgan fingerprint density at radius 3 is 2.79 bits per heavy atom. The van der Waals surface area contributed by atoms with E-state index in [4.69, 9.17) is 15.0 Å². The molecule has 0 radical (unpaired) electrons. The van der Waals surface area contributed by atoms with Crippen molar-refractivity contribution in [2.75, 3.05) is 0 Å². The van der Waals surface area contributed by atoms with Crippen molar-refractivity contribution in [3.8, 4) is 10.7 Å². The second-order valence-corrected chi connectivity index (χ2v) is 8.52. The molecule has 142 valence electrons. The van der Waals surface area contributed by atoms with E-state index in [2.05, 4.69) is 0 Å².